The van der Waals surface area contributed by atoms with Crippen LogP contribution in [0, 0.1) is 12.8 Å². The van der Waals surface area contributed by atoms with Gasteiger partial charge in [0, 0.05) is 25.6 Å². The molecule has 24 heavy (non-hydrogen) atoms. The van der Waals surface area contributed by atoms with Crippen LogP contribution in [-0.4, -0.2) is 29.8 Å². The van der Waals surface area contributed by atoms with Crippen molar-refractivity contribution in [2.24, 2.45) is 5.92 Å². The predicted octanol–water partition coefficient (Wildman–Crippen LogP) is 3.04. The number of nitrogens with zero attached hydrogens (tertiary/aromatic N) is 3. The number of aryl methyl sites for hydroxylation is 3. The van der Waals surface area contributed by atoms with Gasteiger partial charge in [-0.05, 0) is 63.3 Å². The summed E-state index contributed by atoms with van der Waals surface area (Å²) in [4.78, 5) is 2.34. The first kappa shape index (κ1) is 15.6. The van der Waals surface area contributed by atoms with E-state index in [9.17, 15) is 0 Å². The normalized spacial score (nSPS) is 19.0. The van der Waals surface area contributed by atoms with Gasteiger partial charge in [-0.2, -0.15) is 5.10 Å². The fourth-order valence-electron chi connectivity index (χ4n) is 3.65. The molecule has 0 saturated carbocycles. The molecule has 1 N–H and O–H groups in total. The Balaban J connectivity index is 1.27. The predicted molar refractivity (Wildman–Crippen MR) is 94.2 cm³/mol. The summed E-state index contributed by atoms with van der Waals surface area (Å²) in [5, 5.41) is 12.5. The fraction of sp³-hybridized carbons (Fsp3) is 0.579. The Morgan fingerprint density at radius 2 is 2.08 bits per heavy atom. The zero-order valence-electron chi connectivity index (χ0n) is 14.6. The average molecular weight is 326 g/mol. The monoisotopic (exact) mass is 326 g/mol. The summed E-state index contributed by atoms with van der Waals surface area (Å²) in [6.45, 7) is 7.27. The van der Waals surface area contributed by atoms with E-state index in [0.717, 1.165) is 49.8 Å². The summed E-state index contributed by atoms with van der Waals surface area (Å²) in [5.74, 6) is 3.71. The lowest BCUT2D eigenvalue weighted by molar-refractivity contribution is 0.344. The lowest BCUT2D eigenvalue weighted by Crippen LogP contribution is -2.51. The van der Waals surface area contributed by atoms with Crippen LogP contribution in [0.3, 0.4) is 0 Å². The van der Waals surface area contributed by atoms with Gasteiger partial charge in [-0.3, -0.25) is 0 Å². The molecular formula is C19H26N4O. The van der Waals surface area contributed by atoms with Crippen molar-refractivity contribution < 1.29 is 4.42 Å². The second kappa shape index (κ2) is 6.55. The maximum atomic E-state index is 5.68. The molecule has 4 rings (SSSR count). The van der Waals surface area contributed by atoms with E-state index in [0.29, 0.717) is 5.92 Å². The SMILES string of the molecule is Cc1ccc(C(C)NCC2CN(c3cc4c(nn3)CCCC4)C2)o1. The van der Waals surface area contributed by atoms with Gasteiger partial charge in [0.15, 0.2) is 5.82 Å². The van der Waals surface area contributed by atoms with Gasteiger partial charge < -0.3 is 14.6 Å². The largest absolute Gasteiger partial charge is 0.465 e. The molecule has 2 aromatic heterocycles. The highest BCUT2D eigenvalue weighted by molar-refractivity contribution is 5.44. The summed E-state index contributed by atoms with van der Waals surface area (Å²) < 4.78 is 5.68. The molecular weight excluding hydrogens is 300 g/mol. The number of hydrogen-bond donors (Lipinski definition) is 1. The van der Waals surface area contributed by atoms with Crippen molar-refractivity contribution in [3.63, 3.8) is 0 Å². The minimum Gasteiger partial charge on any atom is -0.465 e. The molecule has 1 unspecified atom stereocenters. The highest BCUT2D eigenvalue weighted by Crippen LogP contribution is 2.27. The standard InChI is InChI=1S/C19H26N4O/c1-13-7-8-18(24-13)14(2)20-10-15-11-23(12-15)19-9-16-5-3-4-6-17(16)21-22-19/h7-9,14-15,20H,3-6,10-12H2,1-2H3. The van der Waals surface area contributed by atoms with E-state index in [1.54, 1.807) is 0 Å². The van der Waals surface area contributed by atoms with Gasteiger partial charge in [0.2, 0.25) is 0 Å². The lowest BCUT2D eigenvalue weighted by atomic mass is 9.95. The molecule has 1 aliphatic carbocycles. The van der Waals surface area contributed by atoms with Crippen molar-refractivity contribution in [1.29, 1.82) is 0 Å². The van der Waals surface area contributed by atoms with E-state index in [1.807, 2.05) is 13.0 Å². The number of anilines is 1. The molecule has 0 spiro atoms. The molecule has 0 aromatic carbocycles. The first-order valence-electron chi connectivity index (χ1n) is 9.09. The third-order valence-electron chi connectivity index (χ3n) is 5.24. The molecule has 3 heterocycles. The Morgan fingerprint density at radius 1 is 1.25 bits per heavy atom. The summed E-state index contributed by atoms with van der Waals surface area (Å²) in [5.41, 5.74) is 2.63. The zero-order valence-corrected chi connectivity index (χ0v) is 14.6. The van der Waals surface area contributed by atoms with Crippen molar-refractivity contribution in [1.82, 2.24) is 15.5 Å². The van der Waals surface area contributed by atoms with Crippen LogP contribution in [0.25, 0.3) is 0 Å². The Hall–Kier alpha value is -1.88. The molecule has 1 atom stereocenters. The van der Waals surface area contributed by atoms with E-state index >= 15 is 0 Å². The van der Waals surface area contributed by atoms with Gasteiger partial charge in [-0.15, -0.1) is 5.10 Å². The Kier molecular flexibility index (Phi) is 4.27. The zero-order chi connectivity index (χ0) is 16.5. The fourth-order valence-corrected chi connectivity index (χ4v) is 3.65. The number of fused-ring (bicyclic) bond motifs is 1. The van der Waals surface area contributed by atoms with Crippen LogP contribution >= 0.6 is 0 Å². The van der Waals surface area contributed by atoms with Gasteiger partial charge >= 0.3 is 0 Å². The molecule has 1 fully saturated rings. The summed E-state index contributed by atoms with van der Waals surface area (Å²) in [6.07, 6.45) is 4.80. The summed E-state index contributed by atoms with van der Waals surface area (Å²) in [7, 11) is 0. The molecule has 5 heteroatoms. The van der Waals surface area contributed by atoms with Crippen LogP contribution in [0.1, 0.15) is 48.6 Å². The Labute approximate surface area is 143 Å². The molecule has 1 saturated heterocycles. The third-order valence-corrected chi connectivity index (χ3v) is 5.24. The minimum atomic E-state index is 0.260. The van der Waals surface area contributed by atoms with Crippen LogP contribution in [0.15, 0.2) is 22.6 Å². The number of nitrogens with one attached hydrogen (secondary N) is 1. The van der Waals surface area contributed by atoms with Crippen LogP contribution in [0.5, 0.6) is 0 Å². The molecule has 0 amide bonds. The average Bonchev–Trinajstić information content (AvgIpc) is 2.99. The highest BCUT2D eigenvalue weighted by Gasteiger charge is 2.29. The second-order valence-electron chi connectivity index (χ2n) is 7.23. The van der Waals surface area contributed by atoms with Crippen molar-refractivity contribution in [3.8, 4) is 0 Å². The number of hydrogen-bond acceptors (Lipinski definition) is 5. The van der Waals surface area contributed by atoms with Crippen LogP contribution < -0.4 is 10.2 Å². The van der Waals surface area contributed by atoms with Gasteiger partial charge in [-0.25, -0.2) is 0 Å². The smallest absolute Gasteiger partial charge is 0.151 e. The van der Waals surface area contributed by atoms with Crippen LogP contribution in [-0.2, 0) is 12.8 Å². The molecule has 0 bridgehead atoms. The topological polar surface area (TPSA) is 54.2 Å². The molecule has 128 valence electrons. The van der Waals surface area contributed by atoms with Gasteiger partial charge in [0.25, 0.3) is 0 Å². The maximum absolute atomic E-state index is 5.68. The van der Waals surface area contributed by atoms with E-state index in [2.05, 4.69) is 39.5 Å². The number of aromatic nitrogens is 2. The third kappa shape index (κ3) is 3.18. The van der Waals surface area contributed by atoms with Crippen LogP contribution in [0.4, 0.5) is 5.82 Å². The summed E-state index contributed by atoms with van der Waals surface area (Å²) >= 11 is 0. The molecule has 2 aliphatic rings. The van der Waals surface area contributed by atoms with E-state index in [4.69, 9.17) is 4.42 Å². The molecule has 2 aromatic rings. The van der Waals surface area contributed by atoms with Crippen molar-refractivity contribution in [2.45, 2.75) is 45.6 Å². The van der Waals surface area contributed by atoms with Gasteiger partial charge in [0.05, 0.1) is 11.7 Å². The van der Waals surface area contributed by atoms with E-state index < -0.39 is 0 Å². The molecule has 0 radical (unpaired) electrons. The Morgan fingerprint density at radius 3 is 2.88 bits per heavy atom. The van der Waals surface area contributed by atoms with Crippen molar-refractivity contribution >= 4 is 5.82 Å². The van der Waals surface area contributed by atoms with Crippen molar-refractivity contribution in [2.75, 3.05) is 24.5 Å². The lowest BCUT2D eigenvalue weighted by Gasteiger charge is -2.40. The first-order valence-corrected chi connectivity index (χ1v) is 9.09. The summed E-state index contributed by atoms with van der Waals surface area (Å²) in [6, 6.07) is 6.60. The minimum absolute atomic E-state index is 0.260. The van der Waals surface area contributed by atoms with E-state index in [-0.39, 0.29) is 6.04 Å². The van der Waals surface area contributed by atoms with Crippen molar-refractivity contribution in [3.05, 3.63) is 41.0 Å². The van der Waals surface area contributed by atoms with Gasteiger partial charge in [0.1, 0.15) is 11.5 Å². The number of furan rings is 1. The highest BCUT2D eigenvalue weighted by atomic mass is 16.3. The van der Waals surface area contributed by atoms with Gasteiger partial charge in [-0.1, -0.05) is 0 Å². The molecule has 5 nitrogen and oxygen atoms in total. The van der Waals surface area contributed by atoms with E-state index in [1.165, 1.54) is 24.1 Å². The molecule has 1 aliphatic heterocycles. The second-order valence-corrected chi connectivity index (χ2v) is 7.23. The quantitative estimate of drug-likeness (QED) is 0.915. The van der Waals surface area contributed by atoms with Crippen LogP contribution in [0.2, 0.25) is 0 Å². The first-order chi connectivity index (χ1) is 11.7. The maximum Gasteiger partial charge on any atom is 0.151 e. The Bertz CT molecular complexity index is 705. The number of rotatable bonds is 5.